The third-order valence-corrected chi connectivity index (χ3v) is 8.79. The van der Waals surface area contributed by atoms with Gasteiger partial charge in [-0.05, 0) is 57.4 Å². The lowest BCUT2D eigenvalue weighted by molar-refractivity contribution is -0.134. The Morgan fingerprint density at radius 1 is 0.915 bits per heavy atom. The molecule has 0 aliphatic carbocycles. The van der Waals surface area contributed by atoms with Crippen molar-refractivity contribution in [1.29, 1.82) is 0 Å². The number of ether oxygens (including phenoxy) is 1. The lowest BCUT2D eigenvalue weighted by Crippen LogP contribution is -2.59. The molecule has 47 heavy (non-hydrogen) atoms. The second-order valence-electron chi connectivity index (χ2n) is 14.3. The Hall–Kier alpha value is -3.67. The molecule has 1 aromatic carbocycles. The molecule has 3 atom stereocenters. The van der Waals surface area contributed by atoms with Crippen molar-refractivity contribution in [3.8, 4) is 5.75 Å². The van der Waals surface area contributed by atoms with E-state index in [1.165, 1.54) is 0 Å². The zero-order valence-electron chi connectivity index (χ0n) is 29.7. The summed E-state index contributed by atoms with van der Waals surface area (Å²) in [6.07, 6.45) is 3.55. The van der Waals surface area contributed by atoms with Crippen LogP contribution in [-0.2, 0) is 25.6 Å². The Morgan fingerprint density at radius 3 is 2.09 bits per heavy atom. The van der Waals surface area contributed by atoms with Gasteiger partial charge >= 0.3 is 6.09 Å². The highest BCUT2D eigenvalue weighted by molar-refractivity contribution is 5.92. The number of nitrogens with one attached hydrogen (secondary N) is 3. The van der Waals surface area contributed by atoms with E-state index >= 15 is 0 Å². The molecule has 2 rings (SSSR count). The van der Waals surface area contributed by atoms with Crippen LogP contribution in [0.4, 0.5) is 4.79 Å². The fourth-order valence-electron chi connectivity index (χ4n) is 5.70. The first kappa shape index (κ1) is 39.5. The monoisotopic (exact) mass is 658 g/mol. The van der Waals surface area contributed by atoms with Crippen molar-refractivity contribution in [1.82, 2.24) is 25.8 Å². The fourth-order valence-corrected chi connectivity index (χ4v) is 5.70. The number of amides is 5. The minimum absolute atomic E-state index is 0.172. The molecule has 0 spiro atoms. The largest absolute Gasteiger partial charge is 0.415 e. The summed E-state index contributed by atoms with van der Waals surface area (Å²) in [5, 5.41) is 8.79. The van der Waals surface area contributed by atoms with Gasteiger partial charge in [-0.3, -0.25) is 19.2 Å². The SMILES string of the molecule is CCCCCC(=O)NC(Cc1ccc(OC(=O)N2CCN(C)CC2)cc1)C(=O)NC(C(=O)NC(C)(C)CC(C)(C)C(N)=O)C(C)CC. The van der Waals surface area contributed by atoms with Crippen molar-refractivity contribution in [2.75, 3.05) is 33.2 Å². The molecule has 0 saturated carbocycles. The van der Waals surface area contributed by atoms with Gasteiger partial charge in [-0.1, -0.05) is 66.0 Å². The molecular weight excluding hydrogens is 600 g/mol. The van der Waals surface area contributed by atoms with Crippen LogP contribution in [0.2, 0.25) is 0 Å². The standard InChI is InChI=1S/C35H58N6O6/c1-9-11-12-13-28(42)37-27(22-25-14-16-26(17-15-25)47-33(46)41-20-18-40(8)19-21-41)30(43)38-29(24(3)10-2)31(44)39-35(6,7)23-34(4,5)32(36)45/h14-17,24,27,29H,9-13,18-23H2,1-8H3,(H2,36,45)(H,37,42)(H,38,43)(H,39,44). The van der Waals surface area contributed by atoms with Gasteiger partial charge in [0.2, 0.25) is 23.6 Å². The summed E-state index contributed by atoms with van der Waals surface area (Å²) < 4.78 is 5.57. The Morgan fingerprint density at radius 2 is 1.53 bits per heavy atom. The number of hydrogen-bond acceptors (Lipinski definition) is 7. The maximum atomic E-state index is 13.8. The molecule has 12 heteroatoms. The van der Waals surface area contributed by atoms with Gasteiger partial charge in [0.05, 0.1) is 0 Å². The fraction of sp³-hybridized carbons (Fsp3) is 0.686. The summed E-state index contributed by atoms with van der Waals surface area (Å²) in [6.45, 7) is 15.7. The Balaban J connectivity index is 2.20. The van der Waals surface area contributed by atoms with Gasteiger partial charge in [0.25, 0.3) is 0 Å². The molecule has 1 saturated heterocycles. The van der Waals surface area contributed by atoms with Crippen LogP contribution in [-0.4, -0.2) is 90.4 Å². The molecule has 5 N–H and O–H groups in total. The van der Waals surface area contributed by atoms with E-state index in [0.29, 0.717) is 38.1 Å². The van der Waals surface area contributed by atoms with Crippen molar-refractivity contribution >= 4 is 29.7 Å². The number of likely N-dealkylation sites (N-methyl/N-ethyl adjacent to an activating group) is 1. The summed E-state index contributed by atoms with van der Waals surface area (Å²) >= 11 is 0. The topological polar surface area (TPSA) is 163 Å². The van der Waals surface area contributed by atoms with Crippen molar-refractivity contribution in [2.24, 2.45) is 17.1 Å². The lowest BCUT2D eigenvalue weighted by Gasteiger charge is -2.36. The number of carbonyl (C=O) groups is 5. The van der Waals surface area contributed by atoms with Gasteiger partial charge in [-0.15, -0.1) is 0 Å². The normalized spacial score (nSPS) is 16.0. The number of hydrogen-bond donors (Lipinski definition) is 4. The van der Waals surface area contributed by atoms with E-state index in [4.69, 9.17) is 10.5 Å². The minimum atomic E-state index is -0.941. The van der Waals surface area contributed by atoms with Gasteiger partial charge in [0.1, 0.15) is 17.8 Å². The molecule has 12 nitrogen and oxygen atoms in total. The summed E-state index contributed by atoms with van der Waals surface area (Å²) in [5.74, 6) is -1.39. The van der Waals surface area contributed by atoms with E-state index in [-0.39, 0.29) is 30.6 Å². The van der Waals surface area contributed by atoms with E-state index in [2.05, 4.69) is 27.8 Å². The van der Waals surface area contributed by atoms with Crippen LogP contribution in [0.5, 0.6) is 5.75 Å². The average Bonchev–Trinajstić information content (AvgIpc) is 2.99. The highest BCUT2D eigenvalue weighted by atomic mass is 16.6. The van der Waals surface area contributed by atoms with Crippen molar-refractivity contribution in [3.63, 3.8) is 0 Å². The van der Waals surface area contributed by atoms with Crippen LogP contribution in [0.3, 0.4) is 0 Å². The molecule has 0 radical (unpaired) electrons. The van der Waals surface area contributed by atoms with E-state index in [1.807, 2.05) is 34.7 Å². The third-order valence-electron chi connectivity index (χ3n) is 8.79. The number of piperazine rings is 1. The van der Waals surface area contributed by atoms with Crippen molar-refractivity contribution in [3.05, 3.63) is 29.8 Å². The van der Waals surface area contributed by atoms with E-state index in [0.717, 1.165) is 31.5 Å². The van der Waals surface area contributed by atoms with Crippen LogP contribution in [0, 0.1) is 11.3 Å². The Bertz CT molecular complexity index is 1210. The van der Waals surface area contributed by atoms with Gasteiger partial charge in [-0.25, -0.2) is 4.79 Å². The summed E-state index contributed by atoms with van der Waals surface area (Å²) in [6, 6.07) is 5.05. The second kappa shape index (κ2) is 18.0. The number of nitrogens with zero attached hydrogens (tertiary/aromatic N) is 2. The van der Waals surface area contributed by atoms with Crippen molar-refractivity contribution < 1.29 is 28.7 Å². The molecule has 1 fully saturated rings. The zero-order chi connectivity index (χ0) is 35.4. The van der Waals surface area contributed by atoms with E-state index in [9.17, 15) is 24.0 Å². The number of unbranched alkanes of at least 4 members (excludes halogenated alkanes) is 2. The van der Waals surface area contributed by atoms with Crippen LogP contribution in [0.15, 0.2) is 24.3 Å². The van der Waals surface area contributed by atoms with Gasteiger partial charge in [-0.2, -0.15) is 0 Å². The minimum Gasteiger partial charge on any atom is -0.410 e. The van der Waals surface area contributed by atoms with Crippen LogP contribution >= 0.6 is 0 Å². The number of nitrogens with two attached hydrogens (primary N) is 1. The average molecular weight is 659 g/mol. The Kier molecular flexibility index (Phi) is 15.2. The zero-order valence-corrected chi connectivity index (χ0v) is 29.7. The first-order valence-electron chi connectivity index (χ1n) is 16.9. The lowest BCUT2D eigenvalue weighted by atomic mass is 9.79. The number of benzene rings is 1. The molecule has 1 heterocycles. The molecule has 0 bridgehead atoms. The van der Waals surface area contributed by atoms with Gasteiger partial charge in [0, 0.05) is 50.0 Å². The van der Waals surface area contributed by atoms with E-state index < -0.39 is 40.9 Å². The van der Waals surface area contributed by atoms with Crippen LogP contribution in [0.25, 0.3) is 0 Å². The molecule has 3 unspecified atom stereocenters. The maximum Gasteiger partial charge on any atom is 0.415 e. The summed E-state index contributed by atoms with van der Waals surface area (Å²) in [7, 11) is 2.01. The summed E-state index contributed by atoms with van der Waals surface area (Å²) in [4.78, 5) is 68.7. The Labute approximate surface area is 280 Å². The number of rotatable bonds is 17. The molecule has 0 aromatic heterocycles. The highest BCUT2D eigenvalue weighted by Crippen LogP contribution is 2.28. The molecule has 5 amide bonds. The first-order chi connectivity index (χ1) is 22.0. The van der Waals surface area contributed by atoms with Crippen LogP contribution < -0.4 is 26.4 Å². The maximum absolute atomic E-state index is 13.8. The molecule has 1 aliphatic heterocycles. The molecular formula is C35H58N6O6. The second-order valence-corrected chi connectivity index (χ2v) is 14.3. The molecule has 1 aromatic rings. The molecule has 1 aliphatic rings. The number of carbonyl (C=O) groups excluding carboxylic acids is 5. The predicted molar refractivity (Wildman–Crippen MR) is 183 cm³/mol. The first-order valence-corrected chi connectivity index (χ1v) is 16.9. The molecule has 264 valence electrons. The number of primary amides is 1. The summed E-state index contributed by atoms with van der Waals surface area (Å²) in [5.41, 5.74) is 4.69. The van der Waals surface area contributed by atoms with E-state index in [1.54, 1.807) is 43.0 Å². The van der Waals surface area contributed by atoms with Gasteiger partial charge < -0.3 is 36.2 Å². The quantitative estimate of drug-likeness (QED) is 0.187. The predicted octanol–water partition coefficient (Wildman–Crippen LogP) is 3.37. The third kappa shape index (κ3) is 13.2. The smallest absolute Gasteiger partial charge is 0.410 e. The highest BCUT2D eigenvalue weighted by Gasteiger charge is 2.37. The van der Waals surface area contributed by atoms with Crippen LogP contribution in [0.1, 0.15) is 92.6 Å². The van der Waals surface area contributed by atoms with Crippen molar-refractivity contribution in [2.45, 2.75) is 111 Å². The van der Waals surface area contributed by atoms with Gasteiger partial charge in [0.15, 0.2) is 0 Å².